The van der Waals surface area contributed by atoms with Crippen LogP contribution in [0.2, 0.25) is 0 Å². The molecule has 0 fully saturated rings. The van der Waals surface area contributed by atoms with Crippen LogP contribution in [0.3, 0.4) is 0 Å². The summed E-state index contributed by atoms with van der Waals surface area (Å²) in [6.07, 6.45) is -0.127. The molecule has 0 bridgehead atoms. The molecule has 1 unspecified atom stereocenters. The van der Waals surface area contributed by atoms with E-state index in [1.54, 1.807) is 7.11 Å². The summed E-state index contributed by atoms with van der Waals surface area (Å²) in [5.74, 6) is 2.48. The predicted molar refractivity (Wildman–Crippen MR) is 80.9 cm³/mol. The Morgan fingerprint density at radius 1 is 1.24 bits per heavy atom. The van der Waals surface area contributed by atoms with Crippen molar-refractivity contribution >= 4 is 16.7 Å². The van der Waals surface area contributed by atoms with E-state index in [1.165, 1.54) is 0 Å². The minimum atomic E-state index is -0.127. The van der Waals surface area contributed by atoms with Crippen LogP contribution in [0, 0.1) is 0 Å². The van der Waals surface area contributed by atoms with Crippen molar-refractivity contribution < 1.29 is 9.47 Å². The van der Waals surface area contributed by atoms with Crippen LogP contribution in [0.4, 0.5) is 5.69 Å². The van der Waals surface area contributed by atoms with E-state index in [2.05, 4.69) is 15.3 Å². The zero-order chi connectivity index (χ0) is 14.2. The van der Waals surface area contributed by atoms with E-state index in [1.807, 2.05) is 42.5 Å². The van der Waals surface area contributed by atoms with Crippen LogP contribution in [-0.4, -0.2) is 23.6 Å². The number of hydrogen-bond acceptors (Lipinski definition) is 4. The lowest BCUT2D eigenvalue weighted by molar-refractivity contribution is 0.202. The molecule has 1 aliphatic rings. The second kappa shape index (κ2) is 4.70. The van der Waals surface area contributed by atoms with Gasteiger partial charge in [0.1, 0.15) is 17.3 Å². The molecular weight excluding hydrogens is 266 g/mol. The van der Waals surface area contributed by atoms with Crippen molar-refractivity contribution in [2.24, 2.45) is 0 Å². The Hall–Kier alpha value is -2.69. The number of imidazole rings is 1. The molecule has 0 aliphatic carbocycles. The maximum Gasteiger partial charge on any atom is 0.173 e. The quantitative estimate of drug-likeness (QED) is 0.757. The van der Waals surface area contributed by atoms with Crippen LogP contribution < -0.4 is 14.8 Å². The fourth-order valence-electron chi connectivity index (χ4n) is 2.55. The molecule has 5 nitrogen and oxygen atoms in total. The van der Waals surface area contributed by atoms with Gasteiger partial charge in [0, 0.05) is 6.07 Å². The average molecular weight is 281 g/mol. The van der Waals surface area contributed by atoms with E-state index in [0.717, 1.165) is 34.0 Å². The van der Waals surface area contributed by atoms with Gasteiger partial charge in [-0.3, -0.25) is 0 Å². The molecule has 3 aromatic rings. The van der Waals surface area contributed by atoms with Crippen molar-refractivity contribution in [3.8, 4) is 11.5 Å². The highest BCUT2D eigenvalue weighted by atomic mass is 16.5. The van der Waals surface area contributed by atoms with Gasteiger partial charge in [0.25, 0.3) is 0 Å². The van der Waals surface area contributed by atoms with Crippen LogP contribution >= 0.6 is 0 Å². The predicted octanol–water partition coefficient (Wildman–Crippen LogP) is 3.12. The molecule has 0 spiro atoms. The number of para-hydroxylation sites is 2. The van der Waals surface area contributed by atoms with E-state index in [0.29, 0.717) is 6.54 Å². The molecule has 0 radical (unpaired) electrons. The molecule has 21 heavy (non-hydrogen) atoms. The summed E-state index contributed by atoms with van der Waals surface area (Å²) in [7, 11) is 1.66. The number of hydrogen-bond donors (Lipinski definition) is 2. The third-order valence-corrected chi connectivity index (χ3v) is 3.65. The first-order chi connectivity index (χ1) is 10.3. The summed E-state index contributed by atoms with van der Waals surface area (Å²) in [6.45, 7) is 0.688. The number of nitrogens with one attached hydrogen (secondary N) is 2. The molecule has 2 heterocycles. The van der Waals surface area contributed by atoms with E-state index >= 15 is 0 Å². The van der Waals surface area contributed by atoms with Crippen molar-refractivity contribution in [3.63, 3.8) is 0 Å². The summed E-state index contributed by atoms with van der Waals surface area (Å²) in [5.41, 5.74) is 2.88. The zero-order valence-corrected chi connectivity index (χ0v) is 11.6. The first kappa shape index (κ1) is 12.1. The molecule has 0 amide bonds. The van der Waals surface area contributed by atoms with Gasteiger partial charge in [-0.15, -0.1) is 0 Å². The monoisotopic (exact) mass is 281 g/mol. The van der Waals surface area contributed by atoms with Gasteiger partial charge < -0.3 is 19.8 Å². The van der Waals surface area contributed by atoms with Gasteiger partial charge in [0.05, 0.1) is 30.4 Å². The second-order valence-electron chi connectivity index (χ2n) is 4.99. The van der Waals surface area contributed by atoms with Crippen LogP contribution in [0.25, 0.3) is 11.0 Å². The van der Waals surface area contributed by atoms with Crippen molar-refractivity contribution in [1.82, 2.24) is 9.97 Å². The van der Waals surface area contributed by atoms with Crippen molar-refractivity contribution in [2.45, 2.75) is 6.10 Å². The zero-order valence-electron chi connectivity index (χ0n) is 11.6. The first-order valence-electron chi connectivity index (χ1n) is 6.87. The minimum Gasteiger partial charge on any atom is -0.497 e. The van der Waals surface area contributed by atoms with Crippen LogP contribution in [0.5, 0.6) is 11.5 Å². The summed E-state index contributed by atoms with van der Waals surface area (Å²) >= 11 is 0. The third kappa shape index (κ3) is 2.07. The molecule has 1 aliphatic heterocycles. The molecule has 0 saturated heterocycles. The van der Waals surface area contributed by atoms with E-state index in [4.69, 9.17) is 9.47 Å². The molecule has 0 saturated carbocycles. The lowest BCUT2D eigenvalue weighted by atomic mass is 10.2. The molecule has 1 aromatic heterocycles. The number of anilines is 1. The highest BCUT2D eigenvalue weighted by Gasteiger charge is 2.23. The molecule has 2 aromatic carbocycles. The normalized spacial score (nSPS) is 16.9. The smallest absolute Gasteiger partial charge is 0.173 e. The van der Waals surface area contributed by atoms with Gasteiger partial charge >= 0.3 is 0 Å². The molecule has 106 valence electrons. The molecular formula is C16H15N3O2. The summed E-state index contributed by atoms with van der Waals surface area (Å²) < 4.78 is 11.2. The Bertz CT molecular complexity index is 797. The summed E-state index contributed by atoms with van der Waals surface area (Å²) in [5, 5.41) is 3.37. The number of rotatable bonds is 2. The van der Waals surface area contributed by atoms with Crippen LogP contribution in [0.15, 0.2) is 42.5 Å². The number of benzene rings is 2. The van der Waals surface area contributed by atoms with Gasteiger partial charge in [0.15, 0.2) is 6.10 Å². The molecule has 4 rings (SSSR count). The Kier molecular flexibility index (Phi) is 2.70. The number of ether oxygens (including phenoxy) is 2. The Morgan fingerprint density at radius 2 is 2.14 bits per heavy atom. The Labute approximate surface area is 121 Å². The van der Waals surface area contributed by atoms with E-state index in [9.17, 15) is 0 Å². The van der Waals surface area contributed by atoms with Crippen LogP contribution in [0.1, 0.15) is 11.9 Å². The number of aromatic nitrogens is 2. The summed E-state index contributed by atoms with van der Waals surface area (Å²) in [4.78, 5) is 7.92. The number of methoxy groups -OCH3 is 1. The fourth-order valence-corrected chi connectivity index (χ4v) is 2.55. The van der Waals surface area contributed by atoms with Crippen molar-refractivity contribution in [2.75, 3.05) is 19.0 Å². The lowest BCUT2D eigenvalue weighted by Gasteiger charge is -2.25. The van der Waals surface area contributed by atoms with Crippen molar-refractivity contribution in [1.29, 1.82) is 0 Å². The van der Waals surface area contributed by atoms with Gasteiger partial charge in [-0.05, 0) is 24.3 Å². The number of H-pyrrole nitrogens is 1. The first-order valence-corrected chi connectivity index (χ1v) is 6.87. The lowest BCUT2D eigenvalue weighted by Crippen LogP contribution is -2.24. The Morgan fingerprint density at radius 3 is 3.05 bits per heavy atom. The standard InChI is InChI=1S/C16H15N3O2/c1-20-10-6-7-11-13(8-10)19-16(18-11)15-9-17-12-4-2-3-5-14(12)21-15/h2-8,15,17H,9H2,1H3,(H,18,19). The van der Waals surface area contributed by atoms with Gasteiger partial charge in [0.2, 0.25) is 0 Å². The fraction of sp³-hybridized carbons (Fsp3) is 0.188. The summed E-state index contributed by atoms with van der Waals surface area (Å²) in [6, 6.07) is 13.7. The number of aromatic amines is 1. The largest absolute Gasteiger partial charge is 0.497 e. The van der Waals surface area contributed by atoms with Gasteiger partial charge in [-0.2, -0.15) is 0 Å². The highest BCUT2D eigenvalue weighted by Crippen LogP contribution is 2.33. The SMILES string of the molecule is COc1ccc2nc(C3CNc4ccccc4O3)[nH]c2c1. The van der Waals surface area contributed by atoms with Crippen molar-refractivity contribution in [3.05, 3.63) is 48.3 Å². The Balaban J connectivity index is 1.68. The molecule has 1 atom stereocenters. The number of fused-ring (bicyclic) bond motifs is 2. The highest BCUT2D eigenvalue weighted by molar-refractivity contribution is 5.77. The minimum absolute atomic E-state index is 0.127. The van der Waals surface area contributed by atoms with Crippen LogP contribution in [-0.2, 0) is 0 Å². The average Bonchev–Trinajstić information content (AvgIpc) is 2.97. The van der Waals surface area contributed by atoms with E-state index < -0.39 is 0 Å². The van der Waals surface area contributed by atoms with E-state index in [-0.39, 0.29) is 6.10 Å². The van der Waals surface area contributed by atoms with Gasteiger partial charge in [-0.25, -0.2) is 4.98 Å². The van der Waals surface area contributed by atoms with Gasteiger partial charge in [-0.1, -0.05) is 12.1 Å². The molecule has 2 N–H and O–H groups in total. The maximum absolute atomic E-state index is 6.02. The molecule has 5 heteroatoms. The second-order valence-corrected chi connectivity index (χ2v) is 4.99. The number of nitrogens with zero attached hydrogens (tertiary/aromatic N) is 1. The topological polar surface area (TPSA) is 59.2 Å². The maximum atomic E-state index is 6.02. The third-order valence-electron chi connectivity index (χ3n) is 3.65.